The van der Waals surface area contributed by atoms with Crippen LogP contribution in [0.25, 0.3) is 0 Å². The second-order valence-electron chi connectivity index (χ2n) is 12.7. The van der Waals surface area contributed by atoms with E-state index in [1.54, 1.807) is 0 Å². The van der Waals surface area contributed by atoms with Crippen LogP contribution in [0.2, 0.25) is 0 Å². The Morgan fingerprint density at radius 1 is 0.643 bits per heavy atom. The first-order chi connectivity index (χ1) is 20.5. The molecule has 250 valence electrons. The van der Waals surface area contributed by atoms with E-state index >= 15 is 0 Å². The van der Waals surface area contributed by atoms with E-state index in [-0.39, 0.29) is 12.6 Å². The molecule has 1 heterocycles. The Morgan fingerprint density at radius 2 is 1.07 bits per heavy atom. The molecular formula is C35H69NO6. The monoisotopic (exact) mass is 600 g/mol. The summed E-state index contributed by atoms with van der Waals surface area (Å²) in [7, 11) is 3.98. The van der Waals surface area contributed by atoms with Gasteiger partial charge < -0.3 is 29.0 Å². The van der Waals surface area contributed by atoms with Crippen molar-refractivity contribution in [2.24, 2.45) is 0 Å². The zero-order chi connectivity index (χ0) is 30.7. The fourth-order valence-corrected chi connectivity index (χ4v) is 5.63. The molecule has 0 bridgehead atoms. The van der Waals surface area contributed by atoms with Gasteiger partial charge in [-0.3, -0.25) is 4.79 Å². The summed E-state index contributed by atoms with van der Waals surface area (Å²) < 4.78 is 23.7. The lowest BCUT2D eigenvalue weighted by Crippen LogP contribution is -2.40. The highest BCUT2D eigenvalue weighted by Crippen LogP contribution is 2.27. The fraction of sp³-hybridized carbons (Fsp3) is 0.971. The first kappa shape index (κ1) is 39.3. The van der Waals surface area contributed by atoms with Crippen molar-refractivity contribution in [1.29, 1.82) is 0 Å². The van der Waals surface area contributed by atoms with Crippen LogP contribution in [0.1, 0.15) is 155 Å². The summed E-state index contributed by atoms with van der Waals surface area (Å²) in [5.41, 5.74) is 0. The van der Waals surface area contributed by atoms with Gasteiger partial charge in [-0.25, -0.2) is 0 Å². The van der Waals surface area contributed by atoms with E-state index < -0.39 is 24.6 Å². The smallest absolute Gasteiger partial charge is 0.305 e. The summed E-state index contributed by atoms with van der Waals surface area (Å²) in [5.74, 6) is -0.238. The summed E-state index contributed by atoms with van der Waals surface area (Å²) >= 11 is 0. The van der Waals surface area contributed by atoms with Gasteiger partial charge in [0.05, 0.1) is 0 Å². The van der Waals surface area contributed by atoms with Crippen LogP contribution in [0.4, 0.5) is 0 Å². The molecule has 1 unspecified atom stereocenters. The van der Waals surface area contributed by atoms with Crippen molar-refractivity contribution in [2.45, 2.75) is 180 Å². The number of rotatable bonds is 30. The average Bonchev–Trinajstić information content (AvgIpc) is 3.26. The third-order valence-corrected chi connectivity index (χ3v) is 8.30. The lowest BCUT2D eigenvalue weighted by molar-refractivity contribution is -0.161. The molecular weight excluding hydrogens is 530 g/mol. The molecule has 4 atom stereocenters. The third-order valence-electron chi connectivity index (χ3n) is 8.30. The average molecular weight is 600 g/mol. The van der Waals surface area contributed by atoms with Crippen molar-refractivity contribution in [1.82, 2.24) is 4.90 Å². The summed E-state index contributed by atoms with van der Waals surface area (Å²) in [4.78, 5) is 14.3. The quantitative estimate of drug-likeness (QED) is 0.0659. The molecule has 0 amide bonds. The molecule has 0 spiro atoms. The number of ether oxygens (including phenoxy) is 4. The van der Waals surface area contributed by atoms with Gasteiger partial charge in [0.25, 0.3) is 0 Å². The van der Waals surface area contributed by atoms with Gasteiger partial charge in [0.2, 0.25) is 0 Å². The molecule has 1 aliphatic heterocycles. The Morgan fingerprint density at radius 3 is 1.52 bits per heavy atom. The molecule has 7 heteroatoms. The van der Waals surface area contributed by atoms with E-state index in [4.69, 9.17) is 18.9 Å². The molecule has 0 saturated carbocycles. The molecule has 1 rings (SSSR count). The maximum Gasteiger partial charge on any atom is 0.305 e. The van der Waals surface area contributed by atoms with E-state index in [0.29, 0.717) is 19.6 Å². The second kappa shape index (κ2) is 27.8. The standard InChI is InChI=1S/C35H69NO6/c1-5-7-9-11-13-15-17-19-21-23-28-39-33-31(30-41-32(37)26-25-27-36(3)4)42-35(38)34(33)40-29-24-22-20-18-16-14-12-10-8-6-2/h31,33-35,38H,5-30H2,1-4H3/t31-,33+,34?,35-/m1/s1. The molecule has 42 heavy (non-hydrogen) atoms. The van der Waals surface area contributed by atoms with Gasteiger partial charge in [0, 0.05) is 19.6 Å². The Labute approximate surface area is 259 Å². The number of carbonyl (C=O) groups is 1. The number of carbonyl (C=O) groups excluding carboxylic acids is 1. The van der Waals surface area contributed by atoms with Crippen molar-refractivity contribution < 1.29 is 28.8 Å². The summed E-state index contributed by atoms with van der Waals surface area (Å²) in [6, 6.07) is 0. The SMILES string of the molecule is CCCCCCCCCCCCOC1[C@H](O)O[C@H](COC(=O)CCCN(C)C)[C@@H]1OCCCCCCCCCCCC. The third kappa shape index (κ3) is 21.1. The van der Waals surface area contributed by atoms with Crippen LogP contribution in [0.5, 0.6) is 0 Å². The Balaban J connectivity index is 2.38. The number of hydrogen-bond acceptors (Lipinski definition) is 7. The predicted octanol–water partition coefficient (Wildman–Crippen LogP) is 8.20. The largest absolute Gasteiger partial charge is 0.463 e. The number of aliphatic hydroxyl groups is 1. The van der Waals surface area contributed by atoms with Gasteiger partial charge in [0.1, 0.15) is 24.9 Å². The predicted molar refractivity (Wildman–Crippen MR) is 173 cm³/mol. The van der Waals surface area contributed by atoms with E-state index in [2.05, 4.69) is 18.7 Å². The number of aliphatic hydroxyl groups excluding tert-OH is 1. The molecule has 0 radical (unpaired) electrons. The minimum absolute atomic E-state index is 0.0820. The minimum Gasteiger partial charge on any atom is -0.463 e. The van der Waals surface area contributed by atoms with Gasteiger partial charge in [-0.1, -0.05) is 129 Å². The van der Waals surface area contributed by atoms with Crippen LogP contribution < -0.4 is 0 Å². The van der Waals surface area contributed by atoms with Gasteiger partial charge in [-0.05, 0) is 39.9 Å². The molecule has 0 aromatic carbocycles. The molecule has 1 aliphatic rings. The highest BCUT2D eigenvalue weighted by molar-refractivity contribution is 5.69. The molecule has 1 saturated heterocycles. The zero-order valence-corrected chi connectivity index (χ0v) is 28.1. The molecule has 7 nitrogen and oxygen atoms in total. The summed E-state index contributed by atoms with van der Waals surface area (Å²) in [5, 5.41) is 10.7. The van der Waals surface area contributed by atoms with Crippen molar-refractivity contribution in [3.63, 3.8) is 0 Å². The highest BCUT2D eigenvalue weighted by atomic mass is 16.7. The van der Waals surface area contributed by atoms with E-state index in [1.807, 2.05) is 14.1 Å². The second-order valence-corrected chi connectivity index (χ2v) is 12.7. The van der Waals surface area contributed by atoms with E-state index in [0.717, 1.165) is 38.6 Å². The number of nitrogens with zero attached hydrogens (tertiary/aromatic N) is 1. The van der Waals surface area contributed by atoms with Crippen LogP contribution in [0.3, 0.4) is 0 Å². The topological polar surface area (TPSA) is 77.5 Å². The maximum absolute atomic E-state index is 12.3. The normalized spacial score (nSPS) is 20.5. The van der Waals surface area contributed by atoms with Crippen LogP contribution >= 0.6 is 0 Å². The van der Waals surface area contributed by atoms with Crippen molar-refractivity contribution >= 4 is 5.97 Å². The first-order valence-corrected chi connectivity index (χ1v) is 17.9. The van der Waals surface area contributed by atoms with Crippen LogP contribution in [0.15, 0.2) is 0 Å². The number of hydrogen-bond donors (Lipinski definition) is 1. The zero-order valence-electron chi connectivity index (χ0n) is 28.1. The van der Waals surface area contributed by atoms with Gasteiger partial charge in [-0.15, -0.1) is 0 Å². The molecule has 0 aromatic heterocycles. The van der Waals surface area contributed by atoms with Crippen LogP contribution in [-0.4, -0.2) is 81.0 Å². The van der Waals surface area contributed by atoms with Crippen LogP contribution in [-0.2, 0) is 23.7 Å². The van der Waals surface area contributed by atoms with Crippen LogP contribution in [0, 0.1) is 0 Å². The molecule has 1 N–H and O–H groups in total. The molecule has 1 fully saturated rings. The Hall–Kier alpha value is -0.730. The summed E-state index contributed by atoms with van der Waals surface area (Å²) in [6.45, 7) is 6.62. The number of esters is 1. The van der Waals surface area contributed by atoms with Gasteiger partial charge >= 0.3 is 5.97 Å². The Kier molecular flexibility index (Phi) is 26.0. The highest BCUT2D eigenvalue weighted by Gasteiger charge is 2.46. The number of unbranched alkanes of at least 4 members (excludes halogenated alkanes) is 18. The van der Waals surface area contributed by atoms with Crippen molar-refractivity contribution in [2.75, 3.05) is 40.5 Å². The summed E-state index contributed by atoms with van der Waals surface area (Å²) in [6.07, 6.45) is 23.9. The van der Waals surface area contributed by atoms with E-state index in [9.17, 15) is 9.90 Å². The Bertz CT molecular complexity index is 604. The minimum atomic E-state index is -1.07. The first-order valence-electron chi connectivity index (χ1n) is 17.9. The lowest BCUT2D eigenvalue weighted by atomic mass is 10.1. The fourth-order valence-electron chi connectivity index (χ4n) is 5.63. The van der Waals surface area contributed by atoms with Crippen molar-refractivity contribution in [3.8, 4) is 0 Å². The lowest BCUT2D eigenvalue weighted by Gasteiger charge is -2.24. The molecule has 0 aliphatic carbocycles. The maximum atomic E-state index is 12.3. The van der Waals surface area contributed by atoms with Gasteiger partial charge in [-0.2, -0.15) is 0 Å². The van der Waals surface area contributed by atoms with E-state index in [1.165, 1.54) is 103 Å². The van der Waals surface area contributed by atoms with Gasteiger partial charge in [0.15, 0.2) is 6.29 Å². The molecule has 0 aromatic rings. The van der Waals surface area contributed by atoms with Crippen molar-refractivity contribution in [3.05, 3.63) is 0 Å².